The maximum Gasteiger partial charge on any atom is 0.358 e. The van der Waals surface area contributed by atoms with Crippen molar-refractivity contribution in [2.75, 3.05) is 19.0 Å². The van der Waals surface area contributed by atoms with Gasteiger partial charge in [0.1, 0.15) is 5.75 Å². The van der Waals surface area contributed by atoms with E-state index in [1.54, 1.807) is 72.4 Å². The number of amides is 1. The summed E-state index contributed by atoms with van der Waals surface area (Å²) in [6.45, 7) is 1.98. The van der Waals surface area contributed by atoms with Crippen LogP contribution in [0.4, 0.5) is 5.69 Å². The number of nitrogens with one attached hydrogen (secondary N) is 1. The second kappa shape index (κ2) is 9.78. The number of esters is 1. The summed E-state index contributed by atoms with van der Waals surface area (Å²) in [7, 11) is 1.52. The van der Waals surface area contributed by atoms with Crippen molar-refractivity contribution < 1.29 is 19.1 Å². The first-order valence-electron chi connectivity index (χ1n) is 10.3. The van der Waals surface area contributed by atoms with Gasteiger partial charge in [-0.3, -0.25) is 4.79 Å². The number of methoxy groups -OCH3 is 1. The molecule has 166 valence electrons. The van der Waals surface area contributed by atoms with Gasteiger partial charge in [0, 0.05) is 17.4 Å². The summed E-state index contributed by atoms with van der Waals surface area (Å²) in [4.78, 5) is 29.5. The van der Waals surface area contributed by atoms with E-state index in [4.69, 9.17) is 9.47 Å². The van der Waals surface area contributed by atoms with Crippen LogP contribution in [0.2, 0.25) is 0 Å². The molecule has 0 saturated carbocycles. The van der Waals surface area contributed by atoms with Gasteiger partial charge in [-0.05, 0) is 49.4 Å². The molecule has 0 atom stereocenters. The highest BCUT2D eigenvalue weighted by molar-refractivity contribution is 6.06. The van der Waals surface area contributed by atoms with Crippen molar-refractivity contribution in [1.29, 1.82) is 0 Å². The lowest BCUT2D eigenvalue weighted by molar-refractivity contribution is 0.0518. The van der Waals surface area contributed by atoms with E-state index in [0.29, 0.717) is 28.5 Å². The molecule has 2 heterocycles. The number of hydrogen-bond donors (Lipinski definition) is 1. The van der Waals surface area contributed by atoms with Crippen molar-refractivity contribution in [2.45, 2.75) is 6.92 Å². The third-order valence-electron chi connectivity index (χ3n) is 4.83. The predicted molar refractivity (Wildman–Crippen MR) is 124 cm³/mol. The minimum Gasteiger partial charge on any atom is -0.496 e. The molecule has 8 nitrogen and oxygen atoms in total. The molecule has 4 aromatic rings. The van der Waals surface area contributed by atoms with E-state index in [1.807, 2.05) is 18.2 Å². The van der Waals surface area contributed by atoms with E-state index in [0.717, 1.165) is 5.56 Å². The molecule has 0 bridgehead atoms. The monoisotopic (exact) mass is 442 g/mol. The smallest absolute Gasteiger partial charge is 0.358 e. The van der Waals surface area contributed by atoms with Gasteiger partial charge < -0.3 is 14.8 Å². The lowest BCUT2D eigenvalue weighted by Crippen LogP contribution is -2.13. The number of para-hydroxylation sites is 1. The number of pyridine rings is 1. The Morgan fingerprint density at radius 1 is 1.00 bits per heavy atom. The zero-order chi connectivity index (χ0) is 23.2. The lowest BCUT2D eigenvalue weighted by atomic mass is 10.1. The fourth-order valence-electron chi connectivity index (χ4n) is 3.33. The Balaban J connectivity index is 1.70. The first-order valence-corrected chi connectivity index (χ1v) is 10.3. The standard InChI is InChI=1S/C25H22N4O4/c1-3-33-25(31)20-16-21(29(28-20)23-13-6-7-14-26-23)17-9-8-10-18(15-17)27-24(30)19-11-4-5-12-22(19)32-2/h4-16H,3H2,1-2H3,(H,27,30). The SMILES string of the molecule is CCOC(=O)c1cc(-c2cccc(NC(=O)c3ccccc3OC)c2)n(-c2ccccn2)n1. The number of carbonyl (C=O) groups is 2. The summed E-state index contributed by atoms with van der Waals surface area (Å²) in [5.74, 6) is 0.217. The van der Waals surface area contributed by atoms with Gasteiger partial charge in [0.15, 0.2) is 11.5 Å². The Morgan fingerprint density at radius 2 is 1.82 bits per heavy atom. The first kappa shape index (κ1) is 21.8. The Bertz CT molecular complexity index is 1280. The lowest BCUT2D eigenvalue weighted by Gasteiger charge is -2.11. The largest absolute Gasteiger partial charge is 0.496 e. The van der Waals surface area contributed by atoms with Crippen LogP contribution in [0.1, 0.15) is 27.8 Å². The minimum absolute atomic E-state index is 0.168. The van der Waals surface area contributed by atoms with Gasteiger partial charge in [0.05, 0.1) is 25.0 Å². The molecule has 2 aromatic carbocycles. The summed E-state index contributed by atoms with van der Waals surface area (Å²) in [6.07, 6.45) is 1.65. The Kier molecular flexibility index (Phi) is 6.45. The van der Waals surface area contributed by atoms with Crippen molar-refractivity contribution in [1.82, 2.24) is 14.8 Å². The molecule has 0 aliphatic rings. The number of ether oxygens (including phenoxy) is 2. The summed E-state index contributed by atoms with van der Waals surface area (Å²) in [5, 5.41) is 7.31. The summed E-state index contributed by atoms with van der Waals surface area (Å²) in [5.41, 5.74) is 2.54. The third kappa shape index (κ3) is 4.74. The molecule has 0 saturated heterocycles. The normalized spacial score (nSPS) is 10.5. The van der Waals surface area contributed by atoms with Gasteiger partial charge in [0.25, 0.3) is 5.91 Å². The van der Waals surface area contributed by atoms with Crippen LogP contribution >= 0.6 is 0 Å². The molecule has 0 spiro atoms. The van der Waals surface area contributed by atoms with Crippen LogP contribution in [-0.2, 0) is 4.74 Å². The molecule has 0 fully saturated rings. The Hall–Kier alpha value is -4.46. The number of carbonyl (C=O) groups excluding carboxylic acids is 2. The number of nitrogens with zero attached hydrogens (tertiary/aromatic N) is 3. The fourth-order valence-corrected chi connectivity index (χ4v) is 3.33. The highest BCUT2D eigenvalue weighted by atomic mass is 16.5. The molecule has 2 aromatic heterocycles. The van der Waals surface area contributed by atoms with Crippen molar-refractivity contribution in [3.05, 3.63) is 90.3 Å². The highest BCUT2D eigenvalue weighted by Gasteiger charge is 2.19. The number of benzene rings is 2. The van der Waals surface area contributed by atoms with Gasteiger partial charge in [0.2, 0.25) is 0 Å². The molecule has 0 aliphatic heterocycles. The second-order valence-electron chi connectivity index (χ2n) is 6.97. The quantitative estimate of drug-likeness (QED) is 0.427. The maximum absolute atomic E-state index is 12.8. The molecular weight excluding hydrogens is 420 g/mol. The molecule has 0 aliphatic carbocycles. The molecule has 1 amide bonds. The zero-order valence-corrected chi connectivity index (χ0v) is 18.2. The van der Waals surface area contributed by atoms with Crippen LogP contribution in [-0.4, -0.2) is 40.4 Å². The molecule has 0 radical (unpaired) electrons. The fraction of sp³-hybridized carbons (Fsp3) is 0.120. The summed E-state index contributed by atoms with van der Waals surface area (Å²) in [6, 6.07) is 21.3. The van der Waals surface area contributed by atoms with Crippen LogP contribution in [0.25, 0.3) is 17.1 Å². The molecule has 1 N–H and O–H groups in total. The van der Waals surface area contributed by atoms with E-state index in [2.05, 4.69) is 15.4 Å². The van der Waals surface area contributed by atoms with Crippen molar-refractivity contribution in [3.8, 4) is 22.8 Å². The third-order valence-corrected chi connectivity index (χ3v) is 4.83. The van der Waals surface area contributed by atoms with Gasteiger partial charge in [-0.25, -0.2) is 14.5 Å². The van der Waals surface area contributed by atoms with Crippen LogP contribution in [0.15, 0.2) is 79.0 Å². The Labute approximate surface area is 190 Å². The molecule has 0 unspecified atom stereocenters. The van der Waals surface area contributed by atoms with Crippen LogP contribution < -0.4 is 10.1 Å². The average Bonchev–Trinajstić information content (AvgIpc) is 3.31. The molecule has 8 heteroatoms. The van der Waals surface area contributed by atoms with Crippen LogP contribution in [0.5, 0.6) is 5.75 Å². The maximum atomic E-state index is 12.8. The number of aromatic nitrogens is 3. The minimum atomic E-state index is -0.519. The Morgan fingerprint density at radius 3 is 2.58 bits per heavy atom. The van der Waals surface area contributed by atoms with Crippen molar-refractivity contribution in [3.63, 3.8) is 0 Å². The topological polar surface area (TPSA) is 95.3 Å². The first-order chi connectivity index (χ1) is 16.1. The predicted octanol–water partition coefficient (Wildman–Crippen LogP) is 4.37. The average molecular weight is 442 g/mol. The van der Waals surface area contributed by atoms with Gasteiger partial charge in [-0.15, -0.1) is 0 Å². The van der Waals surface area contributed by atoms with E-state index in [1.165, 1.54) is 7.11 Å². The molecule has 33 heavy (non-hydrogen) atoms. The van der Waals surface area contributed by atoms with E-state index >= 15 is 0 Å². The van der Waals surface area contributed by atoms with Gasteiger partial charge in [-0.1, -0.05) is 30.3 Å². The molecular formula is C25H22N4O4. The van der Waals surface area contributed by atoms with Crippen LogP contribution in [0, 0.1) is 0 Å². The van der Waals surface area contributed by atoms with Crippen molar-refractivity contribution >= 4 is 17.6 Å². The van der Waals surface area contributed by atoms with Gasteiger partial charge >= 0.3 is 5.97 Å². The number of hydrogen-bond acceptors (Lipinski definition) is 6. The van der Waals surface area contributed by atoms with Crippen LogP contribution in [0.3, 0.4) is 0 Å². The molecule has 4 rings (SSSR count). The zero-order valence-electron chi connectivity index (χ0n) is 18.2. The highest BCUT2D eigenvalue weighted by Crippen LogP contribution is 2.27. The number of rotatable bonds is 7. The van der Waals surface area contributed by atoms with E-state index < -0.39 is 5.97 Å². The summed E-state index contributed by atoms with van der Waals surface area (Å²) < 4.78 is 12.0. The van der Waals surface area contributed by atoms with Gasteiger partial charge in [-0.2, -0.15) is 5.10 Å². The summed E-state index contributed by atoms with van der Waals surface area (Å²) >= 11 is 0. The number of anilines is 1. The van der Waals surface area contributed by atoms with E-state index in [9.17, 15) is 9.59 Å². The van der Waals surface area contributed by atoms with Crippen molar-refractivity contribution in [2.24, 2.45) is 0 Å². The second-order valence-corrected chi connectivity index (χ2v) is 6.97. The van der Waals surface area contributed by atoms with E-state index in [-0.39, 0.29) is 18.2 Å².